The first-order valence-electron chi connectivity index (χ1n) is 9.97. The number of nitriles is 1. The van der Waals surface area contributed by atoms with Crippen molar-refractivity contribution in [2.75, 3.05) is 32.9 Å². The van der Waals surface area contributed by atoms with Gasteiger partial charge in [-0.2, -0.15) is 5.26 Å². The van der Waals surface area contributed by atoms with Gasteiger partial charge in [0.15, 0.2) is 11.5 Å². The van der Waals surface area contributed by atoms with Crippen molar-refractivity contribution in [2.24, 2.45) is 5.73 Å². The Bertz CT molecular complexity index is 1060. The first-order chi connectivity index (χ1) is 15.0. The highest BCUT2D eigenvalue weighted by molar-refractivity contribution is 5.72. The Kier molecular flexibility index (Phi) is 5.68. The maximum atomic E-state index is 12.5. The average molecular weight is 425 g/mol. The molecule has 0 unspecified atom stereocenters. The van der Waals surface area contributed by atoms with Gasteiger partial charge in [-0.3, -0.25) is 5.10 Å². The molecule has 10 heteroatoms. The highest BCUT2D eigenvalue weighted by atomic mass is 16.6. The number of amides is 1. The van der Waals surface area contributed by atoms with E-state index in [9.17, 15) is 10.1 Å². The van der Waals surface area contributed by atoms with E-state index in [1.807, 2.05) is 13.8 Å². The number of carbonyl (C=O) groups is 1. The van der Waals surface area contributed by atoms with Gasteiger partial charge >= 0.3 is 6.09 Å². The van der Waals surface area contributed by atoms with Crippen LogP contribution < -0.4 is 19.9 Å². The predicted molar refractivity (Wildman–Crippen MR) is 109 cm³/mol. The molecule has 2 aliphatic rings. The fraction of sp³-hybridized carbons (Fsp3) is 0.381. The zero-order valence-electron chi connectivity index (χ0n) is 17.3. The smallest absolute Gasteiger partial charge is 0.415 e. The largest absolute Gasteiger partial charge is 0.490 e. The minimum Gasteiger partial charge on any atom is -0.490 e. The second-order valence-corrected chi connectivity index (χ2v) is 7.10. The van der Waals surface area contributed by atoms with E-state index in [0.717, 1.165) is 16.8 Å². The maximum absolute atomic E-state index is 12.5. The second kappa shape index (κ2) is 8.57. The normalized spacial score (nSPS) is 18.1. The Morgan fingerprint density at radius 1 is 1.39 bits per heavy atom. The molecular formula is C21H23N5O5. The molecule has 3 N–H and O–H groups in total. The highest BCUT2D eigenvalue weighted by Gasteiger charge is 2.35. The first kappa shape index (κ1) is 20.6. The van der Waals surface area contributed by atoms with Gasteiger partial charge in [0, 0.05) is 24.3 Å². The summed E-state index contributed by atoms with van der Waals surface area (Å²) in [6, 6.07) is 7.34. The lowest BCUT2D eigenvalue weighted by atomic mass is 9.84. The average Bonchev–Trinajstić information content (AvgIpc) is 3.14. The van der Waals surface area contributed by atoms with Crippen LogP contribution in [0.15, 0.2) is 29.7 Å². The third-order valence-corrected chi connectivity index (χ3v) is 5.20. The summed E-state index contributed by atoms with van der Waals surface area (Å²) in [4.78, 5) is 14.1. The third-order valence-electron chi connectivity index (χ3n) is 5.20. The molecule has 1 aromatic heterocycles. The Morgan fingerprint density at radius 3 is 2.87 bits per heavy atom. The molecule has 162 valence electrons. The molecule has 31 heavy (non-hydrogen) atoms. The molecule has 4 rings (SSSR count). The summed E-state index contributed by atoms with van der Waals surface area (Å²) >= 11 is 0. The zero-order chi connectivity index (χ0) is 22.0. The molecule has 2 aromatic rings. The van der Waals surface area contributed by atoms with Crippen molar-refractivity contribution >= 4 is 6.09 Å². The molecule has 1 atom stereocenters. The number of rotatable bonds is 4. The van der Waals surface area contributed by atoms with E-state index in [1.54, 1.807) is 23.1 Å². The quantitative estimate of drug-likeness (QED) is 0.761. The molecule has 0 saturated carbocycles. The summed E-state index contributed by atoms with van der Waals surface area (Å²) in [5.41, 5.74) is 8.49. The van der Waals surface area contributed by atoms with Gasteiger partial charge in [-0.15, -0.1) is 5.10 Å². The molecule has 0 bridgehead atoms. The van der Waals surface area contributed by atoms with Crippen LogP contribution in [0.25, 0.3) is 0 Å². The van der Waals surface area contributed by atoms with Crippen molar-refractivity contribution in [3.8, 4) is 23.4 Å². The summed E-state index contributed by atoms with van der Waals surface area (Å²) in [7, 11) is 0. The van der Waals surface area contributed by atoms with E-state index in [1.165, 1.54) is 0 Å². The molecule has 0 radical (unpaired) electrons. The summed E-state index contributed by atoms with van der Waals surface area (Å²) in [6.45, 7) is 5.97. The van der Waals surface area contributed by atoms with Gasteiger partial charge < -0.3 is 29.6 Å². The first-order valence-corrected chi connectivity index (χ1v) is 9.97. The molecule has 1 fully saturated rings. The minimum absolute atomic E-state index is 0.00674. The Balaban J connectivity index is 1.70. The zero-order valence-corrected chi connectivity index (χ0v) is 17.3. The summed E-state index contributed by atoms with van der Waals surface area (Å²) in [5.74, 6) is 0.545. The fourth-order valence-electron chi connectivity index (χ4n) is 3.69. The van der Waals surface area contributed by atoms with Gasteiger partial charge in [-0.05, 0) is 31.5 Å². The van der Waals surface area contributed by atoms with E-state index in [4.69, 9.17) is 24.7 Å². The Morgan fingerprint density at radius 2 is 2.16 bits per heavy atom. The number of nitrogens with zero attached hydrogens (tertiary/aromatic N) is 3. The van der Waals surface area contributed by atoms with Gasteiger partial charge in [0.05, 0.1) is 25.7 Å². The Hall–Kier alpha value is -3.71. The van der Waals surface area contributed by atoms with Crippen molar-refractivity contribution in [1.29, 1.82) is 5.26 Å². The van der Waals surface area contributed by atoms with E-state index in [-0.39, 0.29) is 11.5 Å². The number of benzene rings is 1. The number of fused-ring (bicyclic) bond motifs is 1. The number of morpholine rings is 1. The number of allylic oxidation sites excluding steroid dienone is 1. The number of aryl methyl sites for hydroxylation is 1. The number of H-pyrrole nitrogens is 1. The number of carbonyl (C=O) groups excluding carboxylic acids is 1. The molecular weight excluding hydrogens is 402 g/mol. The van der Waals surface area contributed by atoms with Crippen LogP contribution in [0.4, 0.5) is 4.79 Å². The topological polar surface area (TPSA) is 136 Å². The molecule has 2 aliphatic heterocycles. The predicted octanol–water partition coefficient (Wildman–Crippen LogP) is 2.17. The standard InChI is InChI=1S/C21H23N5O5/c1-3-29-16-10-13(4-5-15(16)30-21(27)26-6-8-28-9-7-26)18-14(11-22)19(23)31-20-17(18)12(2)24-25-20/h4-5,10,18H,3,6-9,23H2,1-2H3,(H,24,25)/t18-/m0/s1. The van der Waals surface area contributed by atoms with Crippen LogP contribution in [0, 0.1) is 18.3 Å². The van der Waals surface area contributed by atoms with Gasteiger partial charge in [0.2, 0.25) is 11.8 Å². The number of nitrogens with one attached hydrogen (secondary N) is 1. The maximum Gasteiger partial charge on any atom is 0.415 e. The number of hydrogen-bond donors (Lipinski definition) is 2. The SMILES string of the molecule is CCOc1cc([C@H]2C(C#N)=C(N)Oc3n[nH]c(C)c32)ccc1OC(=O)N1CCOCC1. The lowest BCUT2D eigenvalue weighted by Crippen LogP contribution is -2.42. The van der Waals surface area contributed by atoms with Crippen molar-refractivity contribution in [3.63, 3.8) is 0 Å². The summed E-state index contributed by atoms with van der Waals surface area (Å²) in [6.07, 6.45) is -0.460. The molecule has 0 spiro atoms. The number of aromatic nitrogens is 2. The number of nitrogens with two attached hydrogens (primary N) is 1. The van der Waals surface area contributed by atoms with Crippen LogP contribution >= 0.6 is 0 Å². The van der Waals surface area contributed by atoms with Crippen LogP contribution in [0.1, 0.15) is 29.7 Å². The van der Waals surface area contributed by atoms with Gasteiger partial charge in [-0.1, -0.05) is 6.07 Å². The molecule has 10 nitrogen and oxygen atoms in total. The number of hydrogen-bond acceptors (Lipinski definition) is 8. The van der Waals surface area contributed by atoms with E-state index in [0.29, 0.717) is 50.3 Å². The van der Waals surface area contributed by atoms with Crippen LogP contribution in [0.3, 0.4) is 0 Å². The second-order valence-electron chi connectivity index (χ2n) is 7.10. The lowest BCUT2D eigenvalue weighted by Gasteiger charge is -2.27. The molecule has 1 amide bonds. The van der Waals surface area contributed by atoms with Crippen molar-refractivity contribution in [3.05, 3.63) is 46.5 Å². The van der Waals surface area contributed by atoms with E-state index in [2.05, 4.69) is 16.3 Å². The van der Waals surface area contributed by atoms with Crippen molar-refractivity contribution in [2.45, 2.75) is 19.8 Å². The molecule has 1 aromatic carbocycles. The minimum atomic E-state index is -0.490. The lowest BCUT2D eigenvalue weighted by molar-refractivity contribution is 0.0413. The van der Waals surface area contributed by atoms with E-state index >= 15 is 0 Å². The van der Waals surface area contributed by atoms with Crippen LogP contribution in [0.2, 0.25) is 0 Å². The van der Waals surface area contributed by atoms with Gasteiger partial charge in [0.1, 0.15) is 11.6 Å². The molecule has 3 heterocycles. The summed E-state index contributed by atoms with van der Waals surface area (Å²) < 4.78 is 22.1. The monoisotopic (exact) mass is 425 g/mol. The van der Waals surface area contributed by atoms with Crippen molar-refractivity contribution < 1.29 is 23.7 Å². The number of ether oxygens (including phenoxy) is 4. The van der Waals surface area contributed by atoms with Crippen LogP contribution in [0.5, 0.6) is 17.4 Å². The van der Waals surface area contributed by atoms with Crippen LogP contribution in [-0.4, -0.2) is 54.1 Å². The van der Waals surface area contributed by atoms with Crippen molar-refractivity contribution in [1.82, 2.24) is 15.1 Å². The van der Waals surface area contributed by atoms with Gasteiger partial charge in [0.25, 0.3) is 0 Å². The molecule has 1 saturated heterocycles. The summed E-state index contributed by atoms with van der Waals surface area (Å²) in [5, 5.41) is 16.7. The Labute approximate surface area is 179 Å². The van der Waals surface area contributed by atoms with Gasteiger partial charge in [-0.25, -0.2) is 4.79 Å². The fourth-order valence-corrected chi connectivity index (χ4v) is 3.69. The third kappa shape index (κ3) is 3.87. The number of aromatic amines is 1. The van der Waals surface area contributed by atoms with E-state index < -0.39 is 12.0 Å². The highest BCUT2D eigenvalue weighted by Crippen LogP contribution is 2.44. The molecule has 0 aliphatic carbocycles. The van der Waals surface area contributed by atoms with Crippen LogP contribution in [-0.2, 0) is 4.74 Å².